The Morgan fingerprint density at radius 2 is 1.75 bits per heavy atom. The summed E-state index contributed by atoms with van der Waals surface area (Å²) in [6, 6.07) is 0. The van der Waals surface area contributed by atoms with Crippen molar-refractivity contribution in [1.29, 1.82) is 0 Å². The summed E-state index contributed by atoms with van der Waals surface area (Å²) in [7, 11) is 0. The van der Waals surface area contributed by atoms with Gasteiger partial charge >= 0.3 is 0 Å². The van der Waals surface area contributed by atoms with E-state index in [0.29, 0.717) is 0 Å². The molecule has 9 bridgehead atoms. The van der Waals surface area contributed by atoms with Crippen LogP contribution in [0.2, 0.25) is 0 Å². The Hall–Kier alpha value is 0. The van der Waals surface area contributed by atoms with E-state index in [9.17, 15) is 0 Å². The zero-order chi connectivity index (χ0) is 13.2. The highest BCUT2D eigenvalue weighted by Gasteiger charge is 2.89. The van der Waals surface area contributed by atoms with Gasteiger partial charge in [-0.2, -0.15) is 0 Å². The lowest BCUT2D eigenvalue weighted by Crippen LogP contribution is -2.83. The van der Waals surface area contributed by atoms with Gasteiger partial charge < -0.3 is 0 Å². The molecule has 10 saturated carbocycles. The molecule has 108 valence electrons. The molecule has 0 heteroatoms. The van der Waals surface area contributed by atoms with E-state index in [1.165, 1.54) is 0 Å². The van der Waals surface area contributed by atoms with E-state index in [4.69, 9.17) is 0 Å². The van der Waals surface area contributed by atoms with Gasteiger partial charge in [-0.1, -0.05) is 13.8 Å². The highest BCUT2D eigenvalue weighted by molar-refractivity contribution is 5.37. The van der Waals surface area contributed by atoms with Crippen LogP contribution in [-0.4, -0.2) is 0 Å². The fourth-order valence-corrected chi connectivity index (χ4v) is 11.7. The zero-order valence-electron chi connectivity index (χ0n) is 13.2. The highest BCUT2D eigenvalue weighted by Crippen LogP contribution is 2.96. The Morgan fingerprint density at radius 1 is 0.850 bits per heavy atom. The predicted octanol–water partition coefficient (Wildman–Crippen LogP) is 5.03. The van der Waals surface area contributed by atoms with Gasteiger partial charge in [0, 0.05) is 0 Å². The summed E-state index contributed by atoms with van der Waals surface area (Å²) in [4.78, 5) is 0. The molecule has 0 nitrogen and oxygen atoms in total. The van der Waals surface area contributed by atoms with Crippen molar-refractivity contribution in [3.63, 3.8) is 0 Å². The van der Waals surface area contributed by atoms with Gasteiger partial charge in [0.1, 0.15) is 0 Å². The normalized spacial score (nSPS) is 80.7. The van der Waals surface area contributed by atoms with Crippen LogP contribution in [0.5, 0.6) is 0 Å². The summed E-state index contributed by atoms with van der Waals surface area (Å²) in [6.07, 6.45) is 14.8. The average molecular weight is 268 g/mol. The van der Waals surface area contributed by atoms with Crippen LogP contribution in [-0.2, 0) is 0 Å². The highest BCUT2D eigenvalue weighted by atomic mass is 14.9. The van der Waals surface area contributed by atoms with Crippen molar-refractivity contribution in [2.75, 3.05) is 0 Å². The molecular weight excluding hydrogens is 240 g/mol. The largest absolute Gasteiger partial charge is 0.0588 e. The maximum absolute atomic E-state index is 2.82. The third kappa shape index (κ3) is 0.628. The van der Waals surface area contributed by atoms with Crippen LogP contribution in [0.1, 0.15) is 71.6 Å². The minimum Gasteiger partial charge on any atom is -0.0588 e. The first-order chi connectivity index (χ1) is 9.50. The van der Waals surface area contributed by atoms with E-state index in [0.717, 1.165) is 50.7 Å². The first kappa shape index (κ1) is 10.7. The van der Waals surface area contributed by atoms with Crippen molar-refractivity contribution >= 4 is 0 Å². The maximum atomic E-state index is 2.82. The number of fused-ring (bicyclic) bond motifs is 1. The fraction of sp³-hybridized carbons (Fsp3) is 1.00. The molecule has 0 aromatic carbocycles. The maximum Gasteiger partial charge on any atom is -0.0199 e. The van der Waals surface area contributed by atoms with Crippen molar-refractivity contribution in [2.24, 2.45) is 50.7 Å². The molecule has 9 unspecified atom stereocenters. The van der Waals surface area contributed by atoms with E-state index < -0.39 is 0 Å². The summed E-state index contributed by atoms with van der Waals surface area (Å²) in [5.41, 5.74) is 4.05. The molecule has 10 aliphatic rings. The van der Waals surface area contributed by atoms with Crippen LogP contribution in [0.25, 0.3) is 0 Å². The zero-order valence-corrected chi connectivity index (χ0v) is 13.2. The SMILES string of the molecule is CC12CC34CCC15CC1CC2C2(CCC1C2(C)C5C3)C4. The van der Waals surface area contributed by atoms with Gasteiger partial charge in [0.25, 0.3) is 0 Å². The quantitative estimate of drug-likeness (QED) is 0.578. The topological polar surface area (TPSA) is 0 Å². The molecule has 0 heterocycles. The second kappa shape index (κ2) is 2.37. The van der Waals surface area contributed by atoms with Gasteiger partial charge in [0.05, 0.1) is 0 Å². The van der Waals surface area contributed by atoms with Gasteiger partial charge in [-0.05, 0) is 109 Å². The van der Waals surface area contributed by atoms with Crippen molar-refractivity contribution < 1.29 is 0 Å². The Morgan fingerprint density at radius 3 is 2.65 bits per heavy atom. The van der Waals surface area contributed by atoms with Gasteiger partial charge in [-0.3, -0.25) is 0 Å². The molecule has 10 rings (SSSR count). The van der Waals surface area contributed by atoms with Crippen molar-refractivity contribution in [2.45, 2.75) is 71.6 Å². The minimum atomic E-state index is 0.776. The number of hydrogen-bond donors (Lipinski definition) is 0. The van der Waals surface area contributed by atoms with E-state index in [-0.39, 0.29) is 0 Å². The summed E-state index contributed by atoms with van der Waals surface area (Å²) in [5, 5.41) is 0. The standard InChI is InChI=1S/C20H28/c1-16-10-18-5-6-19(16)8-12-7-14(16)20(11-18)4-3-13(12)17(20,2)15(19)9-18/h12-15H,3-11H2,1-2H3. The molecule has 0 saturated heterocycles. The smallest absolute Gasteiger partial charge is 0.0199 e. The summed E-state index contributed by atoms with van der Waals surface area (Å²) in [6.45, 7) is 5.62. The van der Waals surface area contributed by atoms with Gasteiger partial charge in [0.2, 0.25) is 0 Å². The molecule has 0 aromatic heterocycles. The van der Waals surface area contributed by atoms with Crippen LogP contribution in [0.3, 0.4) is 0 Å². The molecule has 20 heavy (non-hydrogen) atoms. The molecule has 9 atom stereocenters. The Labute approximate surface area is 123 Å². The molecule has 0 N–H and O–H groups in total. The summed E-state index contributed by atoms with van der Waals surface area (Å²) in [5.74, 6) is 4.59. The molecule has 10 aliphatic carbocycles. The van der Waals surface area contributed by atoms with E-state index in [1.54, 1.807) is 57.8 Å². The lowest BCUT2D eigenvalue weighted by Gasteiger charge is -2.90. The molecule has 0 amide bonds. The lowest BCUT2D eigenvalue weighted by molar-refractivity contribution is -0.415. The van der Waals surface area contributed by atoms with Gasteiger partial charge in [0.15, 0.2) is 0 Å². The Kier molecular flexibility index (Phi) is 1.26. The van der Waals surface area contributed by atoms with E-state index >= 15 is 0 Å². The second-order valence-electron chi connectivity index (χ2n) is 11.0. The monoisotopic (exact) mass is 268 g/mol. The average Bonchev–Trinajstić information content (AvgIpc) is 2.62. The van der Waals surface area contributed by atoms with Crippen LogP contribution in [0, 0.1) is 50.7 Å². The van der Waals surface area contributed by atoms with Gasteiger partial charge in [-0.15, -0.1) is 0 Å². The first-order valence-electron chi connectivity index (χ1n) is 9.50. The fourth-order valence-electron chi connectivity index (χ4n) is 11.7. The third-order valence-corrected chi connectivity index (χ3v) is 11.6. The third-order valence-electron chi connectivity index (χ3n) is 11.6. The van der Waals surface area contributed by atoms with Crippen molar-refractivity contribution in [3.8, 4) is 0 Å². The number of rotatable bonds is 0. The van der Waals surface area contributed by atoms with Crippen LogP contribution in [0.4, 0.5) is 0 Å². The van der Waals surface area contributed by atoms with Gasteiger partial charge in [-0.25, -0.2) is 0 Å². The van der Waals surface area contributed by atoms with Crippen molar-refractivity contribution in [1.82, 2.24) is 0 Å². The second-order valence-corrected chi connectivity index (χ2v) is 11.0. The number of hydrogen-bond acceptors (Lipinski definition) is 0. The Balaban J connectivity index is 1.66. The predicted molar refractivity (Wildman–Crippen MR) is 79.0 cm³/mol. The van der Waals surface area contributed by atoms with Crippen LogP contribution < -0.4 is 0 Å². The molecule has 0 radical (unpaired) electrons. The molecule has 0 aromatic rings. The summed E-state index contributed by atoms with van der Waals surface area (Å²) < 4.78 is 0. The minimum absolute atomic E-state index is 0.776. The molecular formula is C20H28. The van der Waals surface area contributed by atoms with E-state index in [1.807, 2.05) is 0 Å². The Bertz CT molecular complexity index is 577. The lowest BCUT2D eigenvalue weighted by atomic mass is 9.14. The van der Waals surface area contributed by atoms with Crippen LogP contribution >= 0.6 is 0 Å². The first-order valence-corrected chi connectivity index (χ1v) is 9.50. The van der Waals surface area contributed by atoms with Crippen molar-refractivity contribution in [3.05, 3.63) is 0 Å². The molecule has 3 spiro atoms. The summed E-state index contributed by atoms with van der Waals surface area (Å²) >= 11 is 0. The van der Waals surface area contributed by atoms with Crippen LogP contribution in [0.15, 0.2) is 0 Å². The molecule has 10 fully saturated rings. The van der Waals surface area contributed by atoms with E-state index in [2.05, 4.69) is 13.8 Å². The molecule has 0 aliphatic heterocycles.